The van der Waals surface area contributed by atoms with Gasteiger partial charge in [-0.1, -0.05) is 63.3 Å². The topological polar surface area (TPSA) is 73.9 Å². The maximum Gasteiger partial charge on any atom is 0.255 e. The van der Waals surface area contributed by atoms with Crippen LogP contribution in [-0.2, 0) is 6.42 Å². The molecule has 1 heterocycles. The lowest BCUT2D eigenvalue weighted by atomic mass is 9.95. The number of anilines is 3. The predicted octanol–water partition coefficient (Wildman–Crippen LogP) is 7.07. The van der Waals surface area contributed by atoms with Crippen LogP contribution in [0.5, 0.6) is 5.75 Å². The lowest BCUT2D eigenvalue weighted by Crippen LogP contribution is -2.47. The number of hydrogen-bond donors (Lipinski definition) is 2. The minimum absolute atomic E-state index is 0.0680. The van der Waals surface area contributed by atoms with Crippen molar-refractivity contribution in [2.45, 2.75) is 70.8 Å². The SMILES string of the molecule is CCCCCc1ccc(C(=O)Nc2ccc(N3CCN(c4ccccc4OC)CC3)c(C(=O)NC3CCCCC3)c2)cc1. The average Bonchev–Trinajstić information content (AvgIpc) is 3.05. The van der Waals surface area contributed by atoms with E-state index in [1.807, 2.05) is 60.7 Å². The number of rotatable bonds is 11. The number of nitrogens with zero attached hydrogens (tertiary/aromatic N) is 2. The summed E-state index contributed by atoms with van der Waals surface area (Å²) in [6.07, 6.45) is 10.2. The molecule has 0 unspecified atom stereocenters. The second kappa shape index (κ2) is 14.9. The number of unbranched alkanes of at least 4 members (excludes halogenated alkanes) is 2. The van der Waals surface area contributed by atoms with Gasteiger partial charge < -0.3 is 25.2 Å². The zero-order chi connectivity index (χ0) is 30.0. The van der Waals surface area contributed by atoms with E-state index in [2.05, 4.69) is 33.4 Å². The summed E-state index contributed by atoms with van der Waals surface area (Å²) >= 11 is 0. The van der Waals surface area contributed by atoms with E-state index in [-0.39, 0.29) is 17.9 Å². The van der Waals surface area contributed by atoms with Gasteiger partial charge in [0.1, 0.15) is 5.75 Å². The number of piperazine rings is 1. The van der Waals surface area contributed by atoms with Crippen LogP contribution in [0.3, 0.4) is 0 Å². The van der Waals surface area contributed by atoms with Crippen molar-refractivity contribution in [1.29, 1.82) is 0 Å². The van der Waals surface area contributed by atoms with Gasteiger partial charge in [0.25, 0.3) is 11.8 Å². The molecule has 2 fully saturated rings. The van der Waals surface area contributed by atoms with E-state index in [0.29, 0.717) is 16.8 Å². The van der Waals surface area contributed by atoms with Gasteiger partial charge in [-0.15, -0.1) is 0 Å². The molecule has 1 saturated heterocycles. The van der Waals surface area contributed by atoms with Crippen LogP contribution in [0.4, 0.5) is 17.1 Å². The summed E-state index contributed by atoms with van der Waals surface area (Å²) in [5.74, 6) is 0.633. The number of benzene rings is 3. The number of carbonyl (C=O) groups excluding carboxylic acids is 2. The molecule has 3 aromatic carbocycles. The molecule has 0 aromatic heterocycles. The summed E-state index contributed by atoms with van der Waals surface area (Å²) < 4.78 is 5.59. The number of carbonyl (C=O) groups is 2. The molecule has 1 saturated carbocycles. The van der Waals surface area contributed by atoms with Crippen molar-refractivity contribution in [1.82, 2.24) is 5.32 Å². The Bertz CT molecular complexity index is 1360. The second-order valence-corrected chi connectivity index (χ2v) is 11.8. The Labute approximate surface area is 256 Å². The van der Waals surface area contributed by atoms with E-state index < -0.39 is 0 Å². The zero-order valence-electron chi connectivity index (χ0n) is 25.7. The monoisotopic (exact) mass is 582 g/mol. The van der Waals surface area contributed by atoms with Gasteiger partial charge in [0.2, 0.25) is 0 Å². The normalized spacial score (nSPS) is 15.7. The van der Waals surface area contributed by atoms with Crippen LogP contribution in [0.1, 0.15) is 84.6 Å². The molecule has 2 amide bonds. The molecular weight excluding hydrogens is 536 g/mol. The maximum absolute atomic E-state index is 13.7. The molecule has 2 N–H and O–H groups in total. The summed E-state index contributed by atoms with van der Waals surface area (Å²) in [6.45, 7) is 5.39. The van der Waals surface area contributed by atoms with Crippen molar-refractivity contribution in [2.24, 2.45) is 0 Å². The lowest BCUT2D eigenvalue weighted by molar-refractivity contribution is 0.0927. The second-order valence-electron chi connectivity index (χ2n) is 11.8. The Morgan fingerprint density at radius 3 is 2.21 bits per heavy atom. The van der Waals surface area contributed by atoms with Gasteiger partial charge >= 0.3 is 0 Å². The van der Waals surface area contributed by atoms with Crippen molar-refractivity contribution < 1.29 is 14.3 Å². The fraction of sp³-hybridized carbons (Fsp3) is 0.444. The molecule has 0 radical (unpaired) electrons. The van der Waals surface area contributed by atoms with Gasteiger partial charge in [-0.2, -0.15) is 0 Å². The highest BCUT2D eigenvalue weighted by Crippen LogP contribution is 2.31. The molecule has 2 aliphatic rings. The third kappa shape index (κ3) is 7.89. The van der Waals surface area contributed by atoms with Gasteiger partial charge in [0, 0.05) is 49.2 Å². The number of amides is 2. The first-order chi connectivity index (χ1) is 21.1. The Kier molecular flexibility index (Phi) is 10.6. The van der Waals surface area contributed by atoms with Crippen LogP contribution < -0.4 is 25.2 Å². The zero-order valence-corrected chi connectivity index (χ0v) is 25.7. The van der Waals surface area contributed by atoms with Crippen LogP contribution in [-0.4, -0.2) is 51.1 Å². The quantitative estimate of drug-likeness (QED) is 0.237. The van der Waals surface area contributed by atoms with Gasteiger partial charge in [0.15, 0.2) is 0 Å². The van der Waals surface area contributed by atoms with Crippen LogP contribution >= 0.6 is 0 Å². The van der Waals surface area contributed by atoms with Crippen molar-refractivity contribution in [3.05, 3.63) is 83.4 Å². The van der Waals surface area contributed by atoms with E-state index in [1.165, 1.54) is 24.8 Å². The summed E-state index contributed by atoms with van der Waals surface area (Å²) in [5.41, 5.74) is 5.10. The molecule has 1 aliphatic heterocycles. The Morgan fingerprint density at radius 1 is 0.814 bits per heavy atom. The minimum Gasteiger partial charge on any atom is -0.495 e. The Morgan fingerprint density at radius 2 is 1.51 bits per heavy atom. The predicted molar refractivity (Wildman–Crippen MR) is 176 cm³/mol. The molecule has 5 rings (SSSR count). The van der Waals surface area contributed by atoms with Gasteiger partial charge in [-0.25, -0.2) is 0 Å². The van der Waals surface area contributed by atoms with Gasteiger partial charge in [-0.3, -0.25) is 9.59 Å². The molecule has 0 atom stereocenters. The van der Waals surface area contributed by atoms with Crippen LogP contribution in [0, 0.1) is 0 Å². The molecule has 0 bridgehead atoms. The van der Waals surface area contributed by atoms with Crippen molar-refractivity contribution in [3.8, 4) is 5.75 Å². The van der Waals surface area contributed by atoms with Crippen molar-refractivity contribution >= 4 is 28.9 Å². The van der Waals surface area contributed by atoms with E-state index in [1.54, 1.807) is 7.11 Å². The fourth-order valence-corrected chi connectivity index (χ4v) is 6.27. The third-order valence-electron chi connectivity index (χ3n) is 8.77. The number of methoxy groups -OCH3 is 1. The van der Waals surface area contributed by atoms with E-state index in [4.69, 9.17) is 4.74 Å². The average molecular weight is 583 g/mol. The first-order valence-electron chi connectivity index (χ1n) is 16.0. The molecule has 7 heteroatoms. The Hall–Kier alpha value is -4.00. The number of para-hydroxylation sites is 2. The number of nitrogens with one attached hydrogen (secondary N) is 2. The number of ether oxygens (including phenoxy) is 1. The summed E-state index contributed by atoms with van der Waals surface area (Å²) in [6, 6.07) is 21.9. The van der Waals surface area contributed by atoms with Crippen LogP contribution in [0.2, 0.25) is 0 Å². The summed E-state index contributed by atoms with van der Waals surface area (Å²) in [4.78, 5) is 31.5. The molecule has 1 aliphatic carbocycles. The summed E-state index contributed by atoms with van der Waals surface area (Å²) in [5, 5.41) is 6.34. The van der Waals surface area contributed by atoms with Gasteiger partial charge in [-0.05, 0) is 73.7 Å². The fourth-order valence-electron chi connectivity index (χ4n) is 6.27. The number of aryl methyl sites for hydroxylation is 1. The van der Waals surface area contributed by atoms with E-state index >= 15 is 0 Å². The van der Waals surface area contributed by atoms with Crippen LogP contribution in [0.15, 0.2) is 66.7 Å². The molecule has 0 spiro atoms. The van der Waals surface area contributed by atoms with E-state index in [0.717, 1.165) is 81.8 Å². The highest BCUT2D eigenvalue weighted by Gasteiger charge is 2.25. The minimum atomic E-state index is -0.170. The van der Waals surface area contributed by atoms with E-state index in [9.17, 15) is 9.59 Å². The highest BCUT2D eigenvalue weighted by atomic mass is 16.5. The molecule has 228 valence electrons. The van der Waals surface area contributed by atoms with Crippen molar-refractivity contribution in [3.63, 3.8) is 0 Å². The molecule has 7 nitrogen and oxygen atoms in total. The molecular formula is C36H46N4O3. The van der Waals surface area contributed by atoms with Crippen LogP contribution in [0.25, 0.3) is 0 Å². The highest BCUT2D eigenvalue weighted by molar-refractivity contribution is 6.06. The summed E-state index contributed by atoms with van der Waals surface area (Å²) in [7, 11) is 1.70. The number of hydrogen-bond acceptors (Lipinski definition) is 5. The molecule has 3 aromatic rings. The standard InChI is InChI=1S/C36H46N4O3/c1-3-4-6-11-27-16-18-28(19-17-27)35(41)38-30-20-21-32(31(26-30)36(42)37-29-12-7-5-8-13-29)39-22-24-40(25-23-39)33-14-9-10-15-34(33)43-2/h9-10,14-21,26,29H,3-8,11-13,22-25H2,1-2H3,(H,37,42)(H,38,41). The first kappa shape index (κ1) is 30.5. The Balaban J connectivity index is 1.31. The molecule has 43 heavy (non-hydrogen) atoms. The van der Waals surface area contributed by atoms with Gasteiger partial charge in [0.05, 0.1) is 18.4 Å². The first-order valence-corrected chi connectivity index (χ1v) is 16.0. The largest absolute Gasteiger partial charge is 0.495 e. The van der Waals surface area contributed by atoms with Crippen molar-refractivity contribution in [2.75, 3.05) is 48.4 Å². The smallest absolute Gasteiger partial charge is 0.255 e. The third-order valence-corrected chi connectivity index (χ3v) is 8.77. The lowest BCUT2D eigenvalue weighted by Gasteiger charge is -2.38. The maximum atomic E-state index is 13.7.